The first-order chi connectivity index (χ1) is 3.60. The van der Waals surface area contributed by atoms with Crippen molar-refractivity contribution in [2.45, 2.75) is 19.4 Å². The van der Waals surface area contributed by atoms with Crippen molar-refractivity contribution >= 4 is 27.9 Å². The van der Waals surface area contributed by atoms with Crippen LogP contribution in [0.15, 0.2) is 4.99 Å². The van der Waals surface area contributed by atoms with E-state index in [2.05, 4.69) is 18.8 Å². The van der Waals surface area contributed by atoms with Gasteiger partial charge in [0.05, 0.1) is 5.54 Å². The summed E-state index contributed by atoms with van der Waals surface area (Å²) in [5, 5.41) is 0. The van der Waals surface area contributed by atoms with Crippen molar-refractivity contribution in [3.05, 3.63) is 0 Å². The molecule has 0 aromatic heterocycles. The summed E-state index contributed by atoms with van der Waals surface area (Å²) in [7, 11) is 0. The minimum atomic E-state index is 0.0851. The van der Waals surface area contributed by atoms with Crippen LogP contribution in [0.5, 0.6) is 0 Å². The standard InChI is InChI=1S/C5H8ClNS/c1-5(2)3-8-4(6)7-5/h3H2,1-2H3. The molecule has 46 valence electrons. The van der Waals surface area contributed by atoms with Gasteiger partial charge in [-0.3, -0.25) is 4.99 Å². The van der Waals surface area contributed by atoms with Gasteiger partial charge in [0, 0.05) is 5.75 Å². The van der Waals surface area contributed by atoms with E-state index < -0.39 is 0 Å². The SMILES string of the molecule is CC1(C)CSC(Cl)=N1. The van der Waals surface area contributed by atoms with E-state index in [0.717, 1.165) is 5.75 Å². The van der Waals surface area contributed by atoms with Gasteiger partial charge in [-0.25, -0.2) is 0 Å². The molecule has 1 aliphatic heterocycles. The highest BCUT2D eigenvalue weighted by atomic mass is 35.5. The van der Waals surface area contributed by atoms with Crippen LogP contribution in [0.2, 0.25) is 0 Å². The van der Waals surface area contributed by atoms with Crippen LogP contribution in [0, 0.1) is 0 Å². The molecule has 0 aromatic carbocycles. The normalized spacial score (nSPS) is 25.6. The first kappa shape index (κ1) is 6.43. The predicted molar refractivity (Wildman–Crippen MR) is 39.8 cm³/mol. The van der Waals surface area contributed by atoms with Crippen LogP contribution >= 0.6 is 23.4 Å². The molecular formula is C5H8ClNS. The van der Waals surface area contributed by atoms with Gasteiger partial charge in [-0.1, -0.05) is 23.4 Å². The van der Waals surface area contributed by atoms with Crippen LogP contribution in [0.4, 0.5) is 0 Å². The van der Waals surface area contributed by atoms with Gasteiger partial charge >= 0.3 is 0 Å². The number of halogens is 1. The Kier molecular flexibility index (Phi) is 1.54. The summed E-state index contributed by atoms with van der Waals surface area (Å²) < 4.78 is 0.704. The van der Waals surface area contributed by atoms with E-state index in [1.165, 1.54) is 0 Å². The molecule has 0 saturated heterocycles. The van der Waals surface area contributed by atoms with E-state index >= 15 is 0 Å². The minimum absolute atomic E-state index is 0.0851. The molecule has 1 heterocycles. The predicted octanol–water partition coefficient (Wildman–Crippen LogP) is 2.11. The Hall–Kier alpha value is 0.310. The lowest BCUT2D eigenvalue weighted by molar-refractivity contribution is 0.606. The van der Waals surface area contributed by atoms with Gasteiger partial charge < -0.3 is 0 Å². The first-order valence-corrected chi connectivity index (χ1v) is 3.85. The van der Waals surface area contributed by atoms with Crippen molar-refractivity contribution in [1.82, 2.24) is 0 Å². The summed E-state index contributed by atoms with van der Waals surface area (Å²) in [6, 6.07) is 0. The van der Waals surface area contributed by atoms with Crippen molar-refractivity contribution in [1.29, 1.82) is 0 Å². The number of nitrogens with zero attached hydrogens (tertiary/aromatic N) is 1. The summed E-state index contributed by atoms with van der Waals surface area (Å²) in [4.78, 5) is 4.17. The molecule has 0 amide bonds. The van der Waals surface area contributed by atoms with Crippen LogP contribution in [-0.4, -0.2) is 15.8 Å². The maximum absolute atomic E-state index is 5.61. The molecule has 0 unspecified atom stereocenters. The molecule has 8 heavy (non-hydrogen) atoms. The molecule has 3 heteroatoms. The molecular weight excluding hydrogens is 142 g/mol. The number of hydrogen-bond donors (Lipinski definition) is 0. The first-order valence-electron chi connectivity index (χ1n) is 2.48. The zero-order valence-corrected chi connectivity index (χ0v) is 6.51. The van der Waals surface area contributed by atoms with E-state index in [4.69, 9.17) is 11.6 Å². The summed E-state index contributed by atoms with van der Waals surface area (Å²) >= 11 is 7.23. The van der Waals surface area contributed by atoms with Crippen molar-refractivity contribution in [3.63, 3.8) is 0 Å². The number of rotatable bonds is 0. The van der Waals surface area contributed by atoms with Gasteiger partial charge in [-0.05, 0) is 13.8 Å². The number of thioether (sulfide) groups is 1. The largest absolute Gasteiger partial charge is 0.260 e. The van der Waals surface area contributed by atoms with Gasteiger partial charge in [0.1, 0.15) is 0 Å². The topological polar surface area (TPSA) is 12.4 Å². The molecule has 0 radical (unpaired) electrons. The molecule has 0 spiro atoms. The third-order valence-electron chi connectivity index (χ3n) is 0.935. The van der Waals surface area contributed by atoms with Crippen LogP contribution in [0.25, 0.3) is 0 Å². The Balaban J connectivity index is 2.67. The fraction of sp³-hybridized carbons (Fsp3) is 0.800. The van der Waals surface area contributed by atoms with Gasteiger partial charge in [0.15, 0.2) is 4.50 Å². The van der Waals surface area contributed by atoms with Crippen molar-refractivity contribution in [2.24, 2.45) is 4.99 Å². The van der Waals surface area contributed by atoms with E-state index in [1.54, 1.807) is 11.8 Å². The van der Waals surface area contributed by atoms with E-state index in [1.807, 2.05) is 0 Å². The highest BCUT2D eigenvalue weighted by Crippen LogP contribution is 2.28. The molecule has 0 aromatic rings. The Morgan fingerprint density at radius 2 is 2.38 bits per heavy atom. The van der Waals surface area contributed by atoms with E-state index in [0.29, 0.717) is 4.50 Å². The monoisotopic (exact) mass is 149 g/mol. The second kappa shape index (κ2) is 1.92. The summed E-state index contributed by atoms with van der Waals surface area (Å²) in [5.74, 6) is 1.02. The fourth-order valence-corrected chi connectivity index (χ4v) is 1.78. The molecule has 1 nitrogen and oxygen atoms in total. The highest BCUT2D eigenvalue weighted by Gasteiger charge is 2.23. The lowest BCUT2D eigenvalue weighted by atomic mass is 10.1. The third kappa shape index (κ3) is 1.39. The Morgan fingerprint density at radius 1 is 1.75 bits per heavy atom. The zero-order valence-electron chi connectivity index (χ0n) is 4.94. The highest BCUT2D eigenvalue weighted by molar-refractivity contribution is 8.17. The van der Waals surface area contributed by atoms with Crippen LogP contribution in [0.3, 0.4) is 0 Å². The van der Waals surface area contributed by atoms with E-state index in [9.17, 15) is 0 Å². The molecule has 0 N–H and O–H groups in total. The second-order valence-corrected chi connectivity index (χ2v) is 4.01. The van der Waals surface area contributed by atoms with Gasteiger partial charge in [-0.15, -0.1) is 0 Å². The molecule has 1 aliphatic rings. The molecule has 0 fully saturated rings. The van der Waals surface area contributed by atoms with Crippen molar-refractivity contribution in [2.75, 3.05) is 5.75 Å². The maximum atomic E-state index is 5.61. The Labute approximate surface area is 58.5 Å². The molecule has 0 atom stereocenters. The number of hydrogen-bond acceptors (Lipinski definition) is 2. The summed E-state index contributed by atoms with van der Waals surface area (Å²) in [6.45, 7) is 4.16. The Morgan fingerprint density at radius 3 is 2.50 bits per heavy atom. The van der Waals surface area contributed by atoms with Gasteiger partial charge in [-0.2, -0.15) is 0 Å². The lowest BCUT2D eigenvalue weighted by Crippen LogP contribution is -2.14. The molecule has 0 bridgehead atoms. The minimum Gasteiger partial charge on any atom is -0.260 e. The zero-order chi connectivity index (χ0) is 6.20. The molecule has 0 saturated carbocycles. The fourth-order valence-electron chi connectivity index (χ4n) is 0.539. The lowest BCUT2D eigenvalue weighted by Gasteiger charge is -2.08. The third-order valence-corrected chi connectivity index (χ3v) is 2.53. The van der Waals surface area contributed by atoms with Crippen molar-refractivity contribution < 1.29 is 0 Å². The van der Waals surface area contributed by atoms with Gasteiger partial charge in [0.2, 0.25) is 0 Å². The average Bonchev–Trinajstić information content (AvgIpc) is 1.82. The Bertz CT molecular complexity index is 130. The summed E-state index contributed by atoms with van der Waals surface area (Å²) in [6.07, 6.45) is 0. The van der Waals surface area contributed by atoms with Crippen LogP contribution in [0.1, 0.15) is 13.8 Å². The number of aliphatic imine (C=N–C) groups is 1. The maximum Gasteiger partial charge on any atom is 0.158 e. The summed E-state index contributed by atoms with van der Waals surface area (Å²) in [5.41, 5.74) is 0.0851. The molecule has 1 rings (SSSR count). The van der Waals surface area contributed by atoms with Crippen molar-refractivity contribution in [3.8, 4) is 0 Å². The second-order valence-electron chi connectivity index (χ2n) is 2.47. The van der Waals surface area contributed by atoms with Crippen LogP contribution in [-0.2, 0) is 0 Å². The van der Waals surface area contributed by atoms with E-state index in [-0.39, 0.29) is 5.54 Å². The molecule has 0 aliphatic carbocycles. The van der Waals surface area contributed by atoms with Gasteiger partial charge in [0.25, 0.3) is 0 Å². The van der Waals surface area contributed by atoms with Crippen LogP contribution < -0.4 is 0 Å². The average molecular weight is 150 g/mol. The smallest absolute Gasteiger partial charge is 0.158 e. The quantitative estimate of drug-likeness (QED) is 0.514.